The molecule has 19 heavy (non-hydrogen) atoms. The van der Waals surface area contributed by atoms with Crippen molar-refractivity contribution in [3.05, 3.63) is 29.3 Å². The minimum atomic E-state index is 0.733. The van der Waals surface area contributed by atoms with Crippen molar-refractivity contribution in [2.45, 2.75) is 58.0 Å². The molecule has 1 N–H and O–H groups in total. The third-order valence-corrected chi connectivity index (χ3v) is 4.39. The summed E-state index contributed by atoms with van der Waals surface area (Å²) in [5.74, 6) is 0. The molecule has 0 saturated heterocycles. The Labute approximate surface area is 118 Å². The van der Waals surface area contributed by atoms with Gasteiger partial charge in [-0.3, -0.25) is 0 Å². The van der Waals surface area contributed by atoms with E-state index >= 15 is 0 Å². The van der Waals surface area contributed by atoms with Gasteiger partial charge in [-0.05, 0) is 44.0 Å². The van der Waals surface area contributed by atoms with Gasteiger partial charge >= 0.3 is 0 Å². The molecule has 0 unspecified atom stereocenters. The van der Waals surface area contributed by atoms with Crippen LogP contribution in [0, 0.1) is 6.92 Å². The minimum absolute atomic E-state index is 0.733. The minimum Gasteiger partial charge on any atom is -0.371 e. The molecular weight excluding hydrogens is 232 g/mol. The molecule has 1 aliphatic rings. The Bertz CT molecular complexity index is 392. The zero-order chi connectivity index (χ0) is 13.7. The Morgan fingerprint density at radius 2 is 1.84 bits per heavy atom. The highest BCUT2D eigenvalue weighted by Gasteiger charge is 2.18. The first-order valence-corrected chi connectivity index (χ1v) is 7.69. The highest BCUT2D eigenvalue weighted by Crippen LogP contribution is 2.28. The summed E-state index contributed by atoms with van der Waals surface area (Å²) < 4.78 is 0. The average molecular weight is 260 g/mol. The predicted molar refractivity (Wildman–Crippen MR) is 83.8 cm³/mol. The van der Waals surface area contributed by atoms with E-state index in [1.807, 2.05) is 7.05 Å². The van der Waals surface area contributed by atoms with Crippen LogP contribution >= 0.6 is 0 Å². The van der Waals surface area contributed by atoms with Crippen LogP contribution in [0.15, 0.2) is 18.2 Å². The first-order chi connectivity index (χ1) is 9.22. The highest BCUT2D eigenvalue weighted by molar-refractivity contribution is 5.54. The van der Waals surface area contributed by atoms with Gasteiger partial charge in [0.2, 0.25) is 0 Å². The molecular formula is C17H28N2. The summed E-state index contributed by atoms with van der Waals surface area (Å²) in [5.41, 5.74) is 4.18. The zero-order valence-corrected chi connectivity index (χ0v) is 12.7. The van der Waals surface area contributed by atoms with Gasteiger partial charge in [-0.2, -0.15) is 0 Å². The number of benzene rings is 1. The molecule has 106 valence electrons. The molecule has 1 fully saturated rings. The summed E-state index contributed by atoms with van der Waals surface area (Å²) in [7, 11) is 4.27. The lowest BCUT2D eigenvalue weighted by Crippen LogP contribution is -2.31. The number of nitrogens with zero attached hydrogens (tertiary/aromatic N) is 1. The van der Waals surface area contributed by atoms with E-state index in [-0.39, 0.29) is 0 Å². The van der Waals surface area contributed by atoms with Crippen molar-refractivity contribution in [1.29, 1.82) is 0 Å². The number of hydrogen-bond donors (Lipinski definition) is 1. The van der Waals surface area contributed by atoms with Crippen LogP contribution in [0.4, 0.5) is 5.69 Å². The first-order valence-electron chi connectivity index (χ1n) is 7.69. The molecule has 0 heterocycles. The van der Waals surface area contributed by atoms with Gasteiger partial charge in [0.1, 0.15) is 0 Å². The molecule has 0 amide bonds. The van der Waals surface area contributed by atoms with Crippen molar-refractivity contribution in [1.82, 2.24) is 5.32 Å². The van der Waals surface area contributed by atoms with Gasteiger partial charge in [-0.15, -0.1) is 0 Å². The summed E-state index contributed by atoms with van der Waals surface area (Å²) in [5, 5.41) is 3.22. The Morgan fingerprint density at radius 3 is 2.42 bits per heavy atom. The smallest absolute Gasteiger partial charge is 0.0396 e. The fourth-order valence-corrected chi connectivity index (χ4v) is 3.27. The number of hydrogen-bond acceptors (Lipinski definition) is 2. The van der Waals surface area contributed by atoms with E-state index in [2.05, 4.69) is 42.4 Å². The third-order valence-electron chi connectivity index (χ3n) is 4.39. The lowest BCUT2D eigenvalue weighted by Gasteiger charge is -2.31. The van der Waals surface area contributed by atoms with Gasteiger partial charge in [-0.1, -0.05) is 37.8 Å². The van der Waals surface area contributed by atoms with Gasteiger partial charge in [0.15, 0.2) is 0 Å². The van der Waals surface area contributed by atoms with E-state index in [9.17, 15) is 0 Å². The second-order valence-electron chi connectivity index (χ2n) is 5.91. The molecule has 1 aliphatic carbocycles. The molecule has 2 heteroatoms. The largest absolute Gasteiger partial charge is 0.371 e. The molecule has 0 bridgehead atoms. The second-order valence-corrected chi connectivity index (χ2v) is 5.91. The van der Waals surface area contributed by atoms with E-state index in [1.165, 1.54) is 55.3 Å². The average Bonchev–Trinajstić information content (AvgIpc) is 2.67. The Hall–Kier alpha value is -1.02. The van der Waals surface area contributed by atoms with E-state index in [1.54, 1.807) is 0 Å². The fraction of sp³-hybridized carbons (Fsp3) is 0.647. The SMILES string of the molecule is CNCc1ccc(N(C)C2CCCCCC2)c(C)c1. The van der Waals surface area contributed by atoms with Crippen molar-refractivity contribution < 1.29 is 0 Å². The highest BCUT2D eigenvalue weighted by atomic mass is 15.1. The molecule has 0 spiro atoms. The summed E-state index contributed by atoms with van der Waals surface area (Å²) in [6, 6.07) is 7.61. The van der Waals surface area contributed by atoms with Crippen LogP contribution in [-0.2, 0) is 6.54 Å². The van der Waals surface area contributed by atoms with Crippen LogP contribution in [0.5, 0.6) is 0 Å². The Morgan fingerprint density at radius 1 is 1.16 bits per heavy atom. The lowest BCUT2D eigenvalue weighted by atomic mass is 10.0. The van der Waals surface area contributed by atoms with Gasteiger partial charge in [0.25, 0.3) is 0 Å². The first kappa shape index (κ1) is 14.4. The summed E-state index contributed by atoms with van der Waals surface area (Å²) in [4.78, 5) is 2.52. The third kappa shape index (κ3) is 3.73. The van der Waals surface area contributed by atoms with Gasteiger partial charge in [0, 0.05) is 25.3 Å². The van der Waals surface area contributed by atoms with Crippen LogP contribution in [-0.4, -0.2) is 20.1 Å². The van der Waals surface area contributed by atoms with Gasteiger partial charge in [-0.25, -0.2) is 0 Å². The molecule has 2 nitrogen and oxygen atoms in total. The molecule has 1 aromatic carbocycles. The van der Waals surface area contributed by atoms with E-state index in [4.69, 9.17) is 0 Å². The van der Waals surface area contributed by atoms with Crippen molar-refractivity contribution in [3.63, 3.8) is 0 Å². The predicted octanol–water partition coefficient (Wildman–Crippen LogP) is 3.87. The number of aryl methyl sites for hydroxylation is 1. The second kappa shape index (κ2) is 6.95. The fourth-order valence-electron chi connectivity index (χ4n) is 3.27. The van der Waals surface area contributed by atoms with E-state index in [0.29, 0.717) is 0 Å². The Balaban J connectivity index is 2.11. The standard InChI is InChI=1S/C17H28N2/c1-14-12-15(13-18-2)10-11-17(14)19(3)16-8-6-4-5-7-9-16/h10-12,16,18H,4-9,13H2,1-3H3. The molecule has 1 aromatic rings. The maximum absolute atomic E-state index is 3.22. The number of anilines is 1. The van der Waals surface area contributed by atoms with Crippen LogP contribution < -0.4 is 10.2 Å². The zero-order valence-electron chi connectivity index (χ0n) is 12.7. The van der Waals surface area contributed by atoms with E-state index < -0.39 is 0 Å². The van der Waals surface area contributed by atoms with Crippen molar-refractivity contribution in [3.8, 4) is 0 Å². The molecule has 0 aromatic heterocycles. The lowest BCUT2D eigenvalue weighted by molar-refractivity contribution is 0.552. The maximum Gasteiger partial charge on any atom is 0.0396 e. The summed E-state index contributed by atoms with van der Waals surface area (Å²) in [6.45, 7) is 3.19. The molecule has 1 saturated carbocycles. The van der Waals surface area contributed by atoms with Crippen LogP contribution in [0.3, 0.4) is 0 Å². The van der Waals surface area contributed by atoms with Crippen molar-refractivity contribution in [2.24, 2.45) is 0 Å². The normalized spacial score (nSPS) is 17.2. The molecule has 0 atom stereocenters. The molecule has 2 rings (SSSR count). The topological polar surface area (TPSA) is 15.3 Å². The number of nitrogens with one attached hydrogen (secondary N) is 1. The number of rotatable bonds is 4. The van der Waals surface area contributed by atoms with Crippen LogP contribution in [0.25, 0.3) is 0 Å². The monoisotopic (exact) mass is 260 g/mol. The van der Waals surface area contributed by atoms with E-state index in [0.717, 1.165) is 12.6 Å². The summed E-state index contributed by atoms with van der Waals surface area (Å²) >= 11 is 0. The molecule has 0 aliphatic heterocycles. The quantitative estimate of drug-likeness (QED) is 0.827. The Kier molecular flexibility index (Phi) is 5.26. The van der Waals surface area contributed by atoms with Gasteiger partial charge in [0.05, 0.1) is 0 Å². The molecule has 0 radical (unpaired) electrons. The van der Waals surface area contributed by atoms with Crippen molar-refractivity contribution in [2.75, 3.05) is 19.0 Å². The van der Waals surface area contributed by atoms with Gasteiger partial charge < -0.3 is 10.2 Å². The maximum atomic E-state index is 3.22. The van der Waals surface area contributed by atoms with Crippen LogP contribution in [0.1, 0.15) is 49.7 Å². The van der Waals surface area contributed by atoms with Crippen molar-refractivity contribution >= 4 is 5.69 Å². The summed E-state index contributed by atoms with van der Waals surface area (Å²) in [6.07, 6.45) is 8.34. The van der Waals surface area contributed by atoms with Crippen LogP contribution in [0.2, 0.25) is 0 Å².